The monoisotopic (exact) mass is 652 g/mol. The van der Waals surface area contributed by atoms with E-state index in [-0.39, 0.29) is 24.2 Å². The Kier molecular flexibility index (Phi) is 13.5. The number of hydrogen-bond acceptors (Lipinski definition) is 8. The van der Waals surface area contributed by atoms with Gasteiger partial charge < -0.3 is 40.2 Å². The number of methoxy groups -OCH3 is 4. The molecule has 0 aromatic heterocycles. The van der Waals surface area contributed by atoms with Crippen molar-refractivity contribution in [1.29, 1.82) is 0 Å². The number of ether oxygens (including phenoxy) is 4. The van der Waals surface area contributed by atoms with Crippen LogP contribution in [0.5, 0.6) is 23.0 Å². The minimum absolute atomic E-state index is 0.242. The van der Waals surface area contributed by atoms with Crippen LogP contribution in [0.1, 0.15) is 22.3 Å². The Morgan fingerprint density at radius 3 is 0.708 bits per heavy atom. The number of rotatable bonds is 12. The topological polar surface area (TPSA) is 85.0 Å². The maximum atomic E-state index is 5.41. The van der Waals surface area contributed by atoms with Gasteiger partial charge in [0.15, 0.2) is 0 Å². The van der Waals surface area contributed by atoms with Gasteiger partial charge in [-0.15, -0.1) is 0 Å². The SMILES string of the molecule is COc1ccc(C[C@H]2CN[C@@H](Cc3ccc(OC)cc3)CN[C@@H](Cc3ccc(OC)cc3)CN[C@@H](Cc3ccc(OC)cc3)CN2)cc1. The fraction of sp³-hybridized carbons (Fsp3) is 0.400. The summed E-state index contributed by atoms with van der Waals surface area (Å²) in [6.45, 7) is 3.36. The Morgan fingerprint density at radius 2 is 0.542 bits per heavy atom. The molecule has 4 atom stereocenters. The second-order valence-electron chi connectivity index (χ2n) is 12.6. The largest absolute Gasteiger partial charge is 0.497 e. The van der Waals surface area contributed by atoms with E-state index in [1.807, 2.05) is 48.5 Å². The van der Waals surface area contributed by atoms with E-state index in [2.05, 4.69) is 69.8 Å². The molecule has 1 heterocycles. The third-order valence-corrected chi connectivity index (χ3v) is 9.18. The van der Waals surface area contributed by atoms with Gasteiger partial charge >= 0.3 is 0 Å². The normalized spacial score (nSPS) is 20.6. The van der Waals surface area contributed by atoms with Gasteiger partial charge in [-0.3, -0.25) is 0 Å². The van der Waals surface area contributed by atoms with Gasteiger partial charge in [-0.25, -0.2) is 0 Å². The molecule has 4 N–H and O–H groups in total. The van der Waals surface area contributed by atoms with Gasteiger partial charge in [0, 0.05) is 50.3 Å². The molecule has 1 saturated heterocycles. The Labute approximate surface area is 286 Å². The second kappa shape index (κ2) is 18.5. The third-order valence-electron chi connectivity index (χ3n) is 9.18. The van der Waals surface area contributed by atoms with Crippen molar-refractivity contribution in [2.45, 2.75) is 49.9 Å². The van der Waals surface area contributed by atoms with Crippen molar-refractivity contribution in [2.75, 3.05) is 54.6 Å². The number of nitrogens with one attached hydrogen (secondary N) is 4. The molecule has 0 radical (unpaired) electrons. The molecule has 0 spiro atoms. The van der Waals surface area contributed by atoms with Gasteiger partial charge in [0.1, 0.15) is 23.0 Å². The lowest BCUT2D eigenvalue weighted by atomic mass is 10.00. The van der Waals surface area contributed by atoms with Gasteiger partial charge in [0.25, 0.3) is 0 Å². The quantitative estimate of drug-likeness (QED) is 0.173. The van der Waals surface area contributed by atoms with Crippen molar-refractivity contribution in [3.63, 3.8) is 0 Å². The predicted molar refractivity (Wildman–Crippen MR) is 194 cm³/mol. The lowest BCUT2D eigenvalue weighted by Gasteiger charge is -2.31. The molecule has 5 rings (SSSR count). The zero-order valence-corrected chi connectivity index (χ0v) is 28.8. The molecule has 0 aliphatic carbocycles. The van der Waals surface area contributed by atoms with Crippen LogP contribution in [0.2, 0.25) is 0 Å². The fourth-order valence-corrected chi connectivity index (χ4v) is 6.29. The number of benzene rings is 4. The smallest absolute Gasteiger partial charge is 0.118 e. The zero-order valence-electron chi connectivity index (χ0n) is 28.8. The summed E-state index contributed by atoms with van der Waals surface area (Å²) in [5.74, 6) is 3.51. The molecule has 8 nitrogen and oxygen atoms in total. The molecule has 1 fully saturated rings. The highest BCUT2D eigenvalue weighted by Crippen LogP contribution is 2.17. The van der Waals surface area contributed by atoms with Crippen molar-refractivity contribution in [2.24, 2.45) is 0 Å². The molecule has 0 saturated carbocycles. The summed E-state index contributed by atoms with van der Waals surface area (Å²) < 4.78 is 21.7. The Balaban J connectivity index is 1.36. The summed E-state index contributed by atoms with van der Waals surface area (Å²) in [7, 11) is 6.84. The summed E-state index contributed by atoms with van der Waals surface area (Å²) >= 11 is 0. The van der Waals surface area contributed by atoms with Crippen molar-refractivity contribution in [1.82, 2.24) is 21.3 Å². The molecule has 8 heteroatoms. The van der Waals surface area contributed by atoms with E-state index in [9.17, 15) is 0 Å². The number of hydrogen-bond donors (Lipinski definition) is 4. The van der Waals surface area contributed by atoms with E-state index in [0.29, 0.717) is 0 Å². The van der Waals surface area contributed by atoms with Gasteiger partial charge in [-0.1, -0.05) is 48.5 Å². The third kappa shape index (κ3) is 11.0. The van der Waals surface area contributed by atoms with Gasteiger partial charge in [0.2, 0.25) is 0 Å². The van der Waals surface area contributed by atoms with Crippen molar-refractivity contribution >= 4 is 0 Å². The second-order valence-corrected chi connectivity index (χ2v) is 12.6. The summed E-state index contributed by atoms with van der Waals surface area (Å²) in [5.41, 5.74) is 5.13. The highest BCUT2D eigenvalue weighted by molar-refractivity contribution is 5.30. The highest BCUT2D eigenvalue weighted by atomic mass is 16.5. The zero-order chi connectivity index (χ0) is 33.6. The Bertz CT molecular complexity index is 1230. The van der Waals surface area contributed by atoms with Crippen LogP contribution in [0.4, 0.5) is 0 Å². The molecule has 48 heavy (non-hydrogen) atoms. The highest BCUT2D eigenvalue weighted by Gasteiger charge is 2.21. The fourth-order valence-electron chi connectivity index (χ4n) is 6.29. The molecule has 0 unspecified atom stereocenters. The average Bonchev–Trinajstić information content (AvgIpc) is 3.13. The molecule has 1 aliphatic heterocycles. The first-order chi connectivity index (χ1) is 23.5. The first kappa shape index (κ1) is 35.2. The summed E-state index contributed by atoms with van der Waals surface area (Å²) in [6, 6.07) is 34.7. The van der Waals surface area contributed by atoms with Crippen LogP contribution < -0.4 is 40.2 Å². The minimum Gasteiger partial charge on any atom is -0.497 e. The van der Waals surface area contributed by atoms with E-state index in [1.165, 1.54) is 22.3 Å². The Hall–Kier alpha value is -4.08. The first-order valence-electron chi connectivity index (χ1n) is 17.0. The van der Waals surface area contributed by atoms with Crippen LogP contribution >= 0.6 is 0 Å². The van der Waals surface area contributed by atoms with Crippen molar-refractivity contribution in [3.05, 3.63) is 119 Å². The van der Waals surface area contributed by atoms with E-state index in [1.54, 1.807) is 28.4 Å². The van der Waals surface area contributed by atoms with E-state index in [0.717, 1.165) is 74.9 Å². The summed E-state index contributed by atoms with van der Waals surface area (Å²) in [6.07, 6.45) is 3.65. The van der Waals surface area contributed by atoms with Crippen LogP contribution in [-0.4, -0.2) is 78.8 Å². The molecule has 4 aromatic carbocycles. The predicted octanol–water partition coefficient (Wildman–Crippen LogP) is 4.84. The Morgan fingerprint density at radius 1 is 0.354 bits per heavy atom. The van der Waals surface area contributed by atoms with Gasteiger partial charge in [0.05, 0.1) is 28.4 Å². The van der Waals surface area contributed by atoms with E-state index >= 15 is 0 Å². The van der Waals surface area contributed by atoms with Crippen LogP contribution in [-0.2, 0) is 25.7 Å². The van der Waals surface area contributed by atoms with Crippen molar-refractivity contribution < 1.29 is 18.9 Å². The molecular formula is C40H52N4O4. The molecule has 0 bridgehead atoms. The summed E-state index contributed by atoms with van der Waals surface area (Å²) in [5, 5.41) is 15.8. The maximum Gasteiger partial charge on any atom is 0.118 e. The van der Waals surface area contributed by atoms with Crippen LogP contribution in [0.3, 0.4) is 0 Å². The van der Waals surface area contributed by atoms with Gasteiger partial charge in [-0.2, -0.15) is 0 Å². The molecular weight excluding hydrogens is 600 g/mol. The summed E-state index contributed by atoms with van der Waals surface area (Å²) in [4.78, 5) is 0. The minimum atomic E-state index is 0.242. The van der Waals surface area contributed by atoms with Gasteiger partial charge in [-0.05, 0) is 96.5 Å². The average molecular weight is 653 g/mol. The molecule has 0 amide bonds. The standard InChI is InChI=1S/C40H52N4O4/c1-45-37-13-5-29(6-14-37)21-33-25-42-35(23-31-9-17-39(47-3)18-10-31)27-44-36(24-32-11-19-40(48-4)20-12-32)28-43-34(26-41-33)22-30-7-15-38(46-2)16-8-30/h5-20,33-36,41-44H,21-28H2,1-4H3/t33-,34-,35-,36-/m0/s1. The first-order valence-corrected chi connectivity index (χ1v) is 17.0. The van der Waals surface area contributed by atoms with E-state index in [4.69, 9.17) is 18.9 Å². The molecule has 4 aromatic rings. The lowest BCUT2D eigenvalue weighted by molar-refractivity contribution is 0.342. The maximum absolute atomic E-state index is 5.41. The van der Waals surface area contributed by atoms with E-state index < -0.39 is 0 Å². The lowest BCUT2D eigenvalue weighted by Crippen LogP contribution is -2.55. The van der Waals surface area contributed by atoms with Crippen LogP contribution in [0.15, 0.2) is 97.1 Å². The van der Waals surface area contributed by atoms with Crippen molar-refractivity contribution in [3.8, 4) is 23.0 Å². The van der Waals surface area contributed by atoms with Crippen LogP contribution in [0, 0.1) is 0 Å². The molecule has 256 valence electrons. The van der Waals surface area contributed by atoms with Crippen LogP contribution in [0.25, 0.3) is 0 Å². The molecule has 1 aliphatic rings.